The van der Waals surface area contributed by atoms with Crippen LogP contribution in [0.1, 0.15) is 21.5 Å². The monoisotopic (exact) mass is 417 g/mol. The largest absolute Gasteiger partial charge is 0.493 e. The highest BCUT2D eigenvalue weighted by molar-refractivity contribution is 5.99. The Kier molecular flexibility index (Phi) is 7.18. The zero-order chi connectivity index (χ0) is 22.4. The van der Waals surface area contributed by atoms with Crippen LogP contribution < -0.4 is 20.1 Å². The molecule has 0 atom stereocenters. The quantitative estimate of drug-likeness (QED) is 0.381. The number of nitro benzene ring substituents is 1. The van der Waals surface area contributed by atoms with E-state index in [0.717, 1.165) is 11.1 Å². The molecule has 10 nitrogen and oxygen atoms in total. The number of ether oxygens (including phenoxy) is 3. The molecule has 0 radical (unpaired) electrons. The SMILES string of the molecule is COC(=O)c1cc(OC)c(OC)cc1NCC(=O)Nc1cc(C)c(C)cc1[N+](=O)[O-]. The first-order valence-corrected chi connectivity index (χ1v) is 8.85. The summed E-state index contributed by atoms with van der Waals surface area (Å²) in [4.78, 5) is 35.2. The van der Waals surface area contributed by atoms with Crippen molar-refractivity contribution in [2.75, 3.05) is 38.5 Å². The number of anilines is 2. The van der Waals surface area contributed by atoms with Gasteiger partial charge in [0.25, 0.3) is 5.69 Å². The topological polar surface area (TPSA) is 129 Å². The minimum atomic E-state index is -0.636. The highest BCUT2D eigenvalue weighted by Gasteiger charge is 2.20. The second-order valence-electron chi connectivity index (χ2n) is 6.36. The van der Waals surface area contributed by atoms with Crippen molar-refractivity contribution >= 4 is 28.9 Å². The molecule has 0 saturated heterocycles. The van der Waals surface area contributed by atoms with Crippen LogP contribution in [0.5, 0.6) is 11.5 Å². The van der Waals surface area contributed by atoms with Crippen LogP contribution in [0, 0.1) is 24.0 Å². The Morgan fingerprint density at radius 1 is 0.967 bits per heavy atom. The van der Waals surface area contributed by atoms with Crippen molar-refractivity contribution in [2.45, 2.75) is 13.8 Å². The van der Waals surface area contributed by atoms with Gasteiger partial charge < -0.3 is 24.8 Å². The molecule has 0 saturated carbocycles. The predicted octanol–water partition coefficient (Wildman–Crippen LogP) is 3.07. The molecule has 2 rings (SSSR count). The van der Waals surface area contributed by atoms with Crippen LogP contribution >= 0.6 is 0 Å². The van der Waals surface area contributed by atoms with E-state index in [1.165, 1.54) is 39.5 Å². The van der Waals surface area contributed by atoms with Crippen molar-refractivity contribution in [3.63, 3.8) is 0 Å². The summed E-state index contributed by atoms with van der Waals surface area (Å²) in [5, 5.41) is 16.7. The smallest absolute Gasteiger partial charge is 0.340 e. The minimum absolute atomic E-state index is 0.0930. The van der Waals surface area contributed by atoms with Crippen LogP contribution in [0.3, 0.4) is 0 Å². The molecule has 0 heterocycles. The highest BCUT2D eigenvalue weighted by Crippen LogP contribution is 2.34. The lowest BCUT2D eigenvalue weighted by molar-refractivity contribution is -0.384. The maximum absolute atomic E-state index is 12.4. The summed E-state index contributed by atoms with van der Waals surface area (Å²) in [5.74, 6) is -0.507. The van der Waals surface area contributed by atoms with Crippen molar-refractivity contribution in [3.05, 3.63) is 51.1 Å². The number of carbonyl (C=O) groups excluding carboxylic acids is 2. The fourth-order valence-corrected chi connectivity index (χ4v) is 2.73. The number of nitro groups is 1. The molecular formula is C20H23N3O7. The number of methoxy groups -OCH3 is 3. The number of hydrogen-bond acceptors (Lipinski definition) is 8. The van der Waals surface area contributed by atoms with Gasteiger partial charge in [-0.2, -0.15) is 0 Å². The average Bonchev–Trinajstić information content (AvgIpc) is 2.73. The van der Waals surface area contributed by atoms with Crippen LogP contribution in [0.2, 0.25) is 0 Å². The van der Waals surface area contributed by atoms with Crippen LogP contribution in [0.25, 0.3) is 0 Å². The first-order chi connectivity index (χ1) is 14.2. The van der Waals surface area contributed by atoms with Gasteiger partial charge in [-0.15, -0.1) is 0 Å². The second kappa shape index (κ2) is 9.59. The number of hydrogen-bond donors (Lipinski definition) is 2. The second-order valence-corrected chi connectivity index (χ2v) is 6.36. The Labute approximate surface area is 173 Å². The van der Waals surface area contributed by atoms with Crippen molar-refractivity contribution < 1.29 is 28.7 Å². The fourth-order valence-electron chi connectivity index (χ4n) is 2.73. The Morgan fingerprint density at radius 3 is 2.13 bits per heavy atom. The molecule has 2 aromatic carbocycles. The third-order valence-corrected chi connectivity index (χ3v) is 4.45. The lowest BCUT2D eigenvalue weighted by Crippen LogP contribution is -2.23. The van der Waals surface area contributed by atoms with E-state index >= 15 is 0 Å². The van der Waals surface area contributed by atoms with Crippen LogP contribution in [-0.4, -0.2) is 44.7 Å². The third kappa shape index (κ3) is 4.96. The van der Waals surface area contributed by atoms with Crippen LogP contribution in [0.4, 0.5) is 17.1 Å². The van der Waals surface area contributed by atoms with E-state index in [1.807, 2.05) is 0 Å². The van der Waals surface area contributed by atoms with Gasteiger partial charge in [0.2, 0.25) is 5.91 Å². The van der Waals surface area contributed by atoms with Gasteiger partial charge in [0.1, 0.15) is 5.69 Å². The summed E-state index contributed by atoms with van der Waals surface area (Å²) in [6, 6.07) is 5.87. The Balaban J connectivity index is 2.25. The zero-order valence-corrected chi connectivity index (χ0v) is 17.3. The maximum atomic E-state index is 12.4. The molecule has 0 unspecified atom stereocenters. The Hall–Kier alpha value is -3.82. The van der Waals surface area contributed by atoms with Gasteiger partial charge in [0, 0.05) is 18.2 Å². The summed E-state index contributed by atoms with van der Waals surface area (Å²) in [5.41, 5.74) is 1.86. The van der Waals surface area contributed by atoms with E-state index in [1.54, 1.807) is 19.9 Å². The Morgan fingerprint density at radius 2 is 1.57 bits per heavy atom. The molecular weight excluding hydrogens is 394 g/mol. The molecule has 10 heteroatoms. The summed E-state index contributed by atoms with van der Waals surface area (Å²) in [6.45, 7) is 3.28. The van der Waals surface area contributed by atoms with Gasteiger partial charge in [-0.1, -0.05) is 0 Å². The molecule has 0 aliphatic heterocycles. The number of benzene rings is 2. The van der Waals surface area contributed by atoms with Gasteiger partial charge in [-0.05, 0) is 31.0 Å². The predicted molar refractivity (Wildman–Crippen MR) is 111 cm³/mol. The number of carbonyl (C=O) groups is 2. The molecule has 0 aliphatic rings. The van der Waals surface area contributed by atoms with E-state index in [0.29, 0.717) is 11.5 Å². The number of aryl methyl sites for hydroxylation is 2. The number of nitrogens with one attached hydrogen (secondary N) is 2. The van der Waals surface area contributed by atoms with Crippen molar-refractivity contribution in [1.82, 2.24) is 0 Å². The van der Waals surface area contributed by atoms with E-state index in [9.17, 15) is 19.7 Å². The first-order valence-electron chi connectivity index (χ1n) is 8.85. The van der Waals surface area contributed by atoms with E-state index in [-0.39, 0.29) is 29.2 Å². The molecule has 0 aromatic heterocycles. The lowest BCUT2D eigenvalue weighted by Gasteiger charge is -2.15. The van der Waals surface area contributed by atoms with E-state index in [4.69, 9.17) is 14.2 Å². The summed E-state index contributed by atoms with van der Waals surface area (Å²) >= 11 is 0. The third-order valence-electron chi connectivity index (χ3n) is 4.45. The Bertz CT molecular complexity index is 989. The molecule has 1 amide bonds. The summed E-state index contributed by atoms with van der Waals surface area (Å²) in [7, 11) is 4.09. The first kappa shape index (κ1) is 22.5. The van der Waals surface area contributed by atoms with Gasteiger partial charge in [0.05, 0.1) is 44.0 Å². The minimum Gasteiger partial charge on any atom is -0.493 e. The summed E-state index contributed by atoms with van der Waals surface area (Å²) in [6.07, 6.45) is 0. The van der Waals surface area contributed by atoms with E-state index in [2.05, 4.69) is 10.6 Å². The van der Waals surface area contributed by atoms with Crippen molar-refractivity contribution in [1.29, 1.82) is 0 Å². The van der Waals surface area contributed by atoms with Gasteiger partial charge in [-0.25, -0.2) is 4.79 Å². The molecule has 0 fully saturated rings. The molecule has 2 N–H and O–H groups in total. The lowest BCUT2D eigenvalue weighted by atomic mass is 10.1. The van der Waals surface area contributed by atoms with Gasteiger partial charge in [-0.3, -0.25) is 14.9 Å². The molecule has 0 bridgehead atoms. The fraction of sp³-hybridized carbons (Fsp3) is 0.300. The van der Waals surface area contributed by atoms with Crippen molar-refractivity contribution in [3.8, 4) is 11.5 Å². The average molecular weight is 417 g/mol. The van der Waals surface area contributed by atoms with Crippen LogP contribution in [0.15, 0.2) is 24.3 Å². The number of nitrogens with zero attached hydrogens (tertiary/aromatic N) is 1. The van der Waals surface area contributed by atoms with Crippen LogP contribution in [-0.2, 0) is 9.53 Å². The van der Waals surface area contributed by atoms with Gasteiger partial charge >= 0.3 is 5.97 Å². The van der Waals surface area contributed by atoms with E-state index < -0.39 is 16.8 Å². The zero-order valence-electron chi connectivity index (χ0n) is 17.3. The number of esters is 1. The molecule has 0 spiro atoms. The maximum Gasteiger partial charge on any atom is 0.340 e. The molecule has 160 valence electrons. The normalized spacial score (nSPS) is 10.2. The van der Waals surface area contributed by atoms with Crippen molar-refractivity contribution in [2.24, 2.45) is 0 Å². The number of amides is 1. The molecule has 30 heavy (non-hydrogen) atoms. The summed E-state index contributed by atoms with van der Waals surface area (Å²) < 4.78 is 15.2. The molecule has 2 aromatic rings. The van der Waals surface area contributed by atoms with Gasteiger partial charge in [0.15, 0.2) is 11.5 Å². The highest BCUT2D eigenvalue weighted by atomic mass is 16.6. The molecule has 0 aliphatic carbocycles. The standard InChI is InChI=1S/C20H23N3O7/c1-11-6-15(16(23(26)27)7-12(11)2)22-19(24)10-21-14-9-18(29-4)17(28-3)8-13(14)20(25)30-5/h6-9,21H,10H2,1-5H3,(H,22,24). The number of rotatable bonds is 8.